The van der Waals surface area contributed by atoms with E-state index in [1.165, 1.54) is 6.42 Å². The second-order valence-corrected chi connectivity index (χ2v) is 5.04. The van der Waals surface area contributed by atoms with Crippen LogP contribution in [0.1, 0.15) is 34.1 Å². The summed E-state index contributed by atoms with van der Waals surface area (Å²) in [6, 6.07) is 0. The third kappa shape index (κ3) is 1.98. The quantitative estimate of drug-likeness (QED) is 0.546. The smallest absolute Gasteiger partial charge is 0.0542 e. The van der Waals surface area contributed by atoms with Crippen LogP contribution in [0.15, 0.2) is 0 Å². The Balaban J connectivity index is 2.37. The molecule has 1 aliphatic heterocycles. The predicted molar refractivity (Wildman–Crippen MR) is 43.0 cm³/mol. The van der Waals surface area contributed by atoms with Crippen molar-refractivity contribution in [1.29, 1.82) is 0 Å². The Bertz CT molecular complexity index is 117. The monoisotopic (exact) mass is 142 g/mol. The molecule has 0 aromatic carbocycles. The molecule has 1 heterocycles. The molecule has 1 fully saturated rings. The molecule has 1 nitrogen and oxygen atoms in total. The van der Waals surface area contributed by atoms with E-state index in [1.807, 2.05) is 0 Å². The Hall–Kier alpha value is -0.0400. The first kappa shape index (κ1) is 8.06. The van der Waals surface area contributed by atoms with Gasteiger partial charge in [0, 0.05) is 5.41 Å². The van der Waals surface area contributed by atoms with E-state index in [-0.39, 0.29) is 0 Å². The van der Waals surface area contributed by atoms with Crippen LogP contribution in [0, 0.1) is 10.8 Å². The summed E-state index contributed by atoms with van der Waals surface area (Å²) in [6.07, 6.45) is 1.28. The fraction of sp³-hybridized carbons (Fsp3) is 1.00. The minimum atomic E-state index is 0.457. The lowest BCUT2D eigenvalue weighted by atomic mass is 9.74. The van der Waals surface area contributed by atoms with Gasteiger partial charge in [-0.3, -0.25) is 0 Å². The molecule has 0 aromatic heterocycles. The number of ether oxygens (including phenoxy) is 1. The van der Waals surface area contributed by atoms with E-state index in [2.05, 4.69) is 27.7 Å². The average Bonchev–Trinajstić information content (AvgIpc) is 1.57. The van der Waals surface area contributed by atoms with Crippen LogP contribution in [0.5, 0.6) is 0 Å². The van der Waals surface area contributed by atoms with Crippen molar-refractivity contribution in [1.82, 2.24) is 0 Å². The maximum absolute atomic E-state index is 5.18. The molecule has 0 atom stereocenters. The molecule has 0 spiro atoms. The summed E-state index contributed by atoms with van der Waals surface area (Å²) >= 11 is 0. The van der Waals surface area contributed by atoms with Gasteiger partial charge in [0.2, 0.25) is 0 Å². The SMILES string of the molecule is CC(C)(C)CC1(C)COC1. The minimum Gasteiger partial charge on any atom is -0.380 e. The lowest BCUT2D eigenvalue weighted by Crippen LogP contribution is -2.42. The van der Waals surface area contributed by atoms with Gasteiger partial charge in [0.1, 0.15) is 0 Å². The molecule has 1 saturated heterocycles. The third-order valence-electron chi connectivity index (χ3n) is 1.86. The second-order valence-electron chi connectivity index (χ2n) is 5.04. The summed E-state index contributed by atoms with van der Waals surface area (Å²) in [6.45, 7) is 11.1. The Labute approximate surface area is 63.8 Å². The van der Waals surface area contributed by atoms with Gasteiger partial charge in [-0.1, -0.05) is 27.7 Å². The van der Waals surface area contributed by atoms with Crippen molar-refractivity contribution < 1.29 is 4.74 Å². The van der Waals surface area contributed by atoms with Crippen molar-refractivity contribution in [3.05, 3.63) is 0 Å². The largest absolute Gasteiger partial charge is 0.380 e. The molecule has 0 aromatic rings. The molecule has 0 saturated carbocycles. The minimum absolute atomic E-state index is 0.457. The Kier molecular flexibility index (Phi) is 1.80. The van der Waals surface area contributed by atoms with Gasteiger partial charge in [-0.25, -0.2) is 0 Å². The van der Waals surface area contributed by atoms with Crippen molar-refractivity contribution in [3.63, 3.8) is 0 Å². The molecule has 1 heteroatoms. The molecule has 10 heavy (non-hydrogen) atoms. The molecule has 0 N–H and O–H groups in total. The van der Waals surface area contributed by atoms with E-state index < -0.39 is 0 Å². The molecular formula is C9H18O. The molecule has 1 aliphatic rings. The van der Waals surface area contributed by atoms with Gasteiger partial charge in [0.15, 0.2) is 0 Å². The fourth-order valence-electron chi connectivity index (χ4n) is 1.83. The third-order valence-corrected chi connectivity index (χ3v) is 1.86. The van der Waals surface area contributed by atoms with Gasteiger partial charge < -0.3 is 4.74 Å². The van der Waals surface area contributed by atoms with Gasteiger partial charge in [-0.2, -0.15) is 0 Å². The molecule has 1 rings (SSSR count). The van der Waals surface area contributed by atoms with E-state index in [1.54, 1.807) is 0 Å². The Morgan fingerprint density at radius 1 is 1.30 bits per heavy atom. The summed E-state index contributed by atoms with van der Waals surface area (Å²) in [5, 5.41) is 0. The number of rotatable bonds is 1. The summed E-state index contributed by atoms with van der Waals surface area (Å²) in [5.41, 5.74) is 0.941. The lowest BCUT2D eigenvalue weighted by molar-refractivity contribution is -0.119. The molecule has 0 bridgehead atoms. The van der Waals surface area contributed by atoms with Crippen LogP contribution in [0.2, 0.25) is 0 Å². The maximum Gasteiger partial charge on any atom is 0.0542 e. The summed E-state index contributed by atoms with van der Waals surface area (Å²) in [4.78, 5) is 0. The highest BCUT2D eigenvalue weighted by atomic mass is 16.5. The zero-order valence-electron chi connectivity index (χ0n) is 7.53. The van der Waals surface area contributed by atoms with Crippen molar-refractivity contribution in [2.75, 3.05) is 13.2 Å². The van der Waals surface area contributed by atoms with E-state index >= 15 is 0 Å². The summed E-state index contributed by atoms with van der Waals surface area (Å²) < 4.78 is 5.18. The maximum atomic E-state index is 5.18. The standard InChI is InChI=1S/C9H18O/c1-8(2,3)5-9(4)6-10-7-9/h5-7H2,1-4H3. The van der Waals surface area contributed by atoms with Gasteiger partial charge in [-0.15, -0.1) is 0 Å². The van der Waals surface area contributed by atoms with E-state index in [0.29, 0.717) is 10.8 Å². The first-order valence-electron chi connectivity index (χ1n) is 3.99. The van der Waals surface area contributed by atoms with Crippen LogP contribution in [-0.2, 0) is 4.74 Å². The zero-order chi connectivity index (χ0) is 7.83. The second kappa shape index (κ2) is 2.23. The molecule has 0 aliphatic carbocycles. The Morgan fingerprint density at radius 3 is 1.90 bits per heavy atom. The molecule has 0 amide bonds. The topological polar surface area (TPSA) is 9.23 Å². The highest BCUT2D eigenvalue weighted by Gasteiger charge is 2.36. The lowest BCUT2D eigenvalue weighted by Gasteiger charge is -2.42. The first-order chi connectivity index (χ1) is 4.41. The van der Waals surface area contributed by atoms with Gasteiger partial charge in [-0.05, 0) is 11.8 Å². The fourth-order valence-corrected chi connectivity index (χ4v) is 1.83. The predicted octanol–water partition coefficient (Wildman–Crippen LogP) is 2.46. The van der Waals surface area contributed by atoms with Gasteiger partial charge >= 0.3 is 0 Å². The van der Waals surface area contributed by atoms with Crippen molar-refractivity contribution in [2.45, 2.75) is 34.1 Å². The van der Waals surface area contributed by atoms with Crippen LogP contribution in [0.3, 0.4) is 0 Å². The number of hydrogen-bond donors (Lipinski definition) is 0. The van der Waals surface area contributed by atoms with Crippen LogP contribution >= 0.6 is 0 Å². The van der Waals surface area contributed by atoms with Crippen LogP contribution in [0.25, 0.3) is 0 Å². The molecule has 60 valence electrons. The normalized spacial score (nSPS) is 24.0. The van der Waals surface area contributed by atoms with Crippen LogP contribution < -0.4 is 0 Å². The average molecular weight is 142 g/mol. The zero-order valence-corrected chi connectivity index (χ0v) is 7.53. The van der Waals surface area contributed by atoms with E-state index in [0.717, 1.165) is 13.2 Å². The Morgan fingerprint density at radius 2 is 1.80 bits per heavy atom. The summed E-state index contributed by atoms with van der Waals surface area (Å²) in [5.74, 6) is 0. The van der Waals surface area contributed by atoms with Crippen molar-refractivity contribution in [2.24, 2.45) is 10.8 Å². The van der Waals surface area contributed by atoms with E-state index in [4.69, 9.17) is 4.74 Å². The van der Waals surface area contributed by atoms with Gasteiger partial charge in [0.05, 0.1) is 13.2 Å². The van der Waals surface area contributed by atoms with E-state index in [9.17, 15) is 0 Å². The summed E-state index contributed by atoms with van der Waals surface area (Å²) in [7, 11) is 0. The highest BCUT2D eigenvalue weighted by molar-refractivity contribution is 4.84. The van der Waals surface area contributed by atoms with Crippen LogP contribution in [0.4, 0.5) is 0 Å². The molecular weight excluding hydrogens is 124 g/mol. The van der Waals surface area contributed by atoms with Crippen LogP contribution in [-0.4, -0.2) is 13.2 Å². The highest BCUT2D eigenvalue weighted by Crippen LogP contribution is 2.38. The first-order valence-corrected chi connectivity index (χ1v) is 3.99. The van der Waals surface area contributed by atoms with Crippen molar-refractivity contribution in [3.8, 4) is 0 Å². The molecule has 0 radical (unpaired) electrons. The molecule has 0 unspecified atom stereocenters. The number of hydrogen-bond acceptors (Lipinski definition) is 1. The van der Waals surface area contributed by atoms with Crippen molar-refractivity contribution >= 4 is 0 Å². The van der Waals surface area contributed by atoms with Gasteiger partial charge in [0.25, 0.3) is 0 Å².